The molecule has 0 aromatic heterocycles. The highest BCUT2D eigenvalue weighted by molar-refractivity contribution is 5.85. The lowest BCUT2D eigenvalue weighted by molar-refractivity contribution is -0.144. The van der Waals surface area contributed by atoms with Gasteiger partial charge in [-0.25, -0.2) is 0 Å². The van der Waals surface area contributed by atoms with Gasteiger partial charge in [-0.1, -0.05) is 79.5 Å². The number of carbonyl (C=O) groups excluding carboxylic acids is 2. The lowest BCUT2D eigenvalue weighted by Gasteiger charge is -2.49. The number of methoxy groups -OCH3 is 1. The number of hydrogen-bond donors (Lipinski definition) is 1. The molecule has 1 amide bonds. The first-order chi connectivity index (χ1) is 16.9. The van der Waals surface area contributed by atoms with Crippen LogP contribution in [0.2, 0.25) is 0 Å². The molecule has 204 valence electrons. The van der Waals surface area contributed by atoms with Gasteiger partial charge in [-0.2, -0.15) is 0 Å². The Hall–Kier alpha value is -1.62. The van der Waals surface area contributed by atoms with Crippen molar-refractivity contribution in [3.05, 3.63) is 23.8 Å². The molecule has 0 radical (unpaired) electrons. The van der Waals surface area contributed by atoms with Gasteiger partial charge in [0.2, 0.25) is 5.91 Å². The van der Waals surface area contributed by atoms with Crippen molar-refractivity contribution in [2.24, 2.45) is 29.1 Å². The predicted octanol–water partition coefficient (Wildman–Crippen LogP) is 6.64. The second kappa shape index (κ2) is 11.8. The number of nitrogens with one attached hydrogen (secondary N) is 1. The molecule has 5 nitrogen and oxygen atoms in total. The fourth-order valence-electron chi connectivity index (χ4n) is 6.84. The largest absolute Gasteiger partial charge is 0.469 e. The summed E-state index contributed by atoms with van der Waals surface area (Å²) in [4.78, 5) is 28.5. The summed E-state index contributed by atoms with van der Waals surface area (Å²) in [6, 6.07) is 0.0879. The summed E-state index contributed by atoms with van der Waals surface area (Å²) in [5, 5.41) is 3.92. The van der Waals surface area contributed by atoms with E-state index in [1.54, 1.807) is 0 Å². The lowest BCUT2D eigenvalue weighted by atomic mass is 9.69. The highest BCUT2D eigenvalue weighted by Crippen LogP contribution is 2.47. The van der Waals surface area contributed by atoms with Crippen LogP contribution in [0.1, 0.15) is 106 Å². The summed E-state index contributed by atoms with van der Waals surface area (Å²) in [6.07, 6.45) is 15.7. The number of rotatable bonds is 9. The minimum atomic E-state index is -0.226. The molecule has 2 fully saturated rings. The van der Waals surface area contributed by atoms with E-state index in [0.29, 0.717) is 23.2 Å². The third-order valence-electron chi connectivity index (χ3n) is 8.95. The molecular weight excluding hydrogens is 448 g/mol. The molecule has 3 unspecified atom stereocenters. The zero-order valence-electron chi connectivity index (χ0n) is 24.2. The number of hydrogen-bond acceptors (Lipinski definition) is 4. The van der Waals surface area contributed by atoms with Crippen LogP contribution >= 0.6 is 0 Å². The van der Waals surface area contributed by atoms with E-state index in [1.165, 1.54) is 12.7 Å². The molecule has 1 saturated heterocycles. The van der Waals surface area contributed by atoms with E-state index in [9.17, 15) is 9.59 Å². The first-order valence-corrected chi connectivity index (χ1v) is 14.5. The number of unbranched alkanes of at least 4 members (excludes halogenated alkanes) is 1. The van der Waals surface area contributed by atoms with Crippen LogP contribution in [0.25, 0.3) is 0 Å². The van der Waals surface area contributed by atoms with Crippen LogP contribution < -0.4 is 5.32 Å². The van der Waals surface area contributed by atoms with Crippen LogP contribution in [-0.4, -0.2) is 41.6 Å². The molecule has 4 atom stereocenters. The van der Waals surface area contributed by atoms with Gasteiger partial charge in [0.05, 0.1) is 24.7 Å². The van der Waals surface area contributed by atoms with Gasteiger partial charge in [0.25, 0.3) is 0 Å². The van der Waals surface area contributed by atoms with E-state index in [0.717, 1.165) is 57.8 Å². The second-order valence-corrected chi connectivity index (χ2v) is 13.2. The second-order valence-electron chi connectivity index (χ2n) is 13.2. The first-order valence-electron chi connectivity index (χ1n) is 14.5. The molecule has 36 heavy (non-hydrogen) atoms. The molecule has 5 heteroatoms. The smallest absolute Gasteiger partial charge is 0.313 e. The van der Waals surface area contributed by atoms with Crippen LogP contribution in [-0.2, 0) is 14.3 Å². The van der Waals surface area contributed by atoms with Crippen molar-refractivity contribution in [1.82, 2.24) is 10.2 Å². The van der Waals surface area contributed by atoms with Crippen molar-refractivity contribution in [3.8, 4) is 0 Å². The number of ether oxygens (including phenoxy) is 1. The maximum Gasteiger partial charge on any atom is 0.313 e. The Morgan fingerprint density at radius 1 is 1.25 bits per heavy atom. The fraction of sp³-hybridized carbons (Fsp3) is 0.806. The molecule has 1 spiro atoms. The normalized spacial score (nSPS) is 31.8. The van der Waals surface area contributed by atoms with E-state index >= 15 is 0 Å². The number of carbonyl (C=O) groups is 2. The first kappa shape index (κ1) is 28.9. The molecule has 0 bridgehead atoms. The average molecular weight is 501 g/mol. The molecule has 0 aromatic rings. The number of allylic oxidation sites excluding steroid dienone is 2. The van der Waals surface area contributed by atoms with Crippen molar-refractivity contribution in [3.63, 3.8) is 0 Å². The monoisotopic (exact) mass is 500 g/mol. The number of amides is 1. The zero-order chi connectivity index (χ0) is 26.7. The molecule has 0 aromatic carbocycles. The van der Waals surface area contributed by atoms with Crippen LogP contribution in [0.5, 0.6) is 0 Å². The van der Waals surface area contributed by atoms with Crippen LogP contribution in [0.15, 0.2) is 23.8 Å². The molecular formula is C31H52N2O3. The minimum absolute atomic E-state index is 0.0844. The van der Waals surface area contributed by atoms with E-state index in [4.69, 9.17) is 4.74 Å². The van der Waals surface area contributed by atoms with Gasteiger partial charge in [0.15, 0.2) is 0 Å². The van der Waals surface area contributed by atoms with Gasteiger partial charge in [0.1, 0.15) is 0 Å². The third-order valence-corrected chi connectivity index (χ3v) is 8.95. The zero-order valence-corrected chi connectivity index (χ0v) is 24.2. The van der Waals surface area contributed by atoms with E-state index < -0.39 is 0 Å². The Kier molecular flexibility index (Phi) is 9.52. The fourth-order valence-corrected chi connectivity index (χ4v) is 6.84. The molecule has 1 aliphatic heterocycles. The highest BCUT2D eigenvalue weighted by Gasteiger charge is 2.54. The Morgan fingerprint density at radius 3 is 2.44 bits per heavy atom. The Balaban J connectivity index is 1.88. The molecule has 3 aliphatic rings. The summed E-state index contributed by atoms with van der Waals surface area (Å²) in [6.45, 7) is 15.8. The predicted molar refractivity (Wildman–Crippen MR) is 147 cm³/mol. The third kappa shape index (κ3) is 6.44. The molecule has 1 saturated carbocycles. The van der Waals surface area contributed by atoms with Gasteiger partial charge < -0.3 is 9.64 Å². The average Bonchev–Trinajstić information content (AvgIpc) is 3.05. The Labute approximate surface area is 220 Å². The van der Waals surface area contributed by atoms with Crippen molar-refractivity contribution >= 4 is 11.9 Å². The topological polar surface area (TPSA) is 58.6 Å². The van der Waals surface area contributed by atoms with E-state index in [-0.39, 0.29) is 35.6 Å². The summed E-state index contributed by atoms with van der Waals surface area (Å²) in [5.74, 6) is 1.17. The van der Waals surface area contributed by atoms with Gasteiger partial charge in [-0.05, 0) is 73.7 Å². The lowest BCUT2D eigenvalue weighted by Crippen LogP contribution is -2.58. The molecule has 1 heterocycles. The summed E-state index contributed by atoms with van der Waals surface area (Å²) < 4.78 is 5.00. The van der Waals surface area contributed by atoms with Gasteiger partial charge in [-0.3, -0.25) is 14.9 Å². The summed E-state index contributed by atoms with van der Waals surface area (Å²) >= 11 is 0. The van der Waals surface area contributed by atoms with E-state index in [2.05, 4.69) is 70.8 Å². The van der Waals surface area contributed by atoms with Crippen molar-refractivity contribution in [1.29, 1.82) is 0 Å². The van der Waals surface area contributed by atoms with E-state index in [1.807, 2.05) is 6.08 Å². The Morgan fingerprint density at radius 2 is 1.92 bits per heavy atom. The number of esters is 1. The summed E-state index contributed by atoms with van der Waals surface area (Å²) in [7, 11) is 1.45. The SMILES string of the molecule is CCCC[C@H](CC1=CC(C)C(C(=O)OC)C=C1)N1C(=O)C(CC(C)C)NC12CCC(C(C)(C)C)CC2. The van der Waals surface area contributed by atoms with Crippen LogP contribution in [0.4, 0.5) is 0 Å². The quantitative estimate of drug-likeness (QED) is 0.361. The van der Waals surface area contributed by atoms with Crippen molar-refractivity contribution in [2.75, 3.05) is 7.11 Å². The summed E-state index contributed by atoms with van der Waals surface area (Å²) in [5.41, 5.74) is 1.32. The molecule has 2 aliphatic carbocycles. The standard InChI is InChI=1S/C31H52N2O3/c1-9-10-11-25(20-23-12-13-26(22(4)19-23)29(35)36-8)33-28(34)27(18-21(2)3)32-31(33)16-14-24(15-17-31)30(5,6)7/h12-13,19,21-22,24-27,32H,9-11,14-18,20H2,1-8H3/t22?,24?,25-,26?,27?,31?/m1/s1. The number of nitrogens with zero attached hydrogens (tertiary/aromatic N) is 1. The van der Waals surface area contributed by atoms with Crippen LogP contribution in [0.3, 0.4) is 0 Å². The van der Waals surface area contributed by atoms with Gasteiger partial charge in [0, 0.05) is 6.04 Å². The van der Waals surface area contributed by atoms with Gasteiger partial charge in [-0.15, -0.1) is 0 Å². The van der Waals surface area contributed by atoms with Crippen molar-refractivity contribution in [2.45, 2.75) is 124 Å². The maximum atomic E-state index is 14.0. The minimum Gasteiger partial charge on any atom is -0.469 e. The van der Waals surface area contributed by atoms with Crippen molar-refractivity contribution < 1.29 is 14.3 Å². The maximum absolute atomic E-state index is 14.0. The van der Waals surface area contributed by atoms with Crippen LogP contribution in [0, 0.1) is 29.1 Å². The van der Waals surface area contributed by atoms with Gasteiger partial charge >= 0.3 is 5.97 Å². The molecule has 3 rings (SSSR count). The Bertz CT molecular complexity index is 829. The molecule has 1 N–H and O–H groups in total. The highest BCUT2D eigenvalue weighted by atomic mass is 16.5.